The molecule has 0 radical (unpaired) electrons. The summed E-state index contributed by atoms with van der Waals surface area (Å²) in [4.78, 5) is 19.8. The Balaban J connectivity index is 1.00. The van der Waals surface area contributed by atoms with Gasteiger partial charge in [0.05, 0.1) is 67.9 Å². The fourth-order valence-corrected chi connectivity index (χ4v) is 7.87. The second kappa shape index (κ2) is 21.6. The molecular weight excluding hydrogens is 817 g/mol. The van der Waals surface area contributed by atoms with Crippen LogP contribution in [0.2, 0.25) is 0 Å². The quantitative estimate of drug-likeness (QED) is 0.0297. The van der Waals surface area contributed by atoms with Crippen molar-refractivity contribution in [2.75, 3.05) is 71.6 Å². The zero-order chi connectivity index (χ0) is 43.2. The van der Waals surface area contributed by atoms with Gasteiger partial charge >= 0.3 is 6.09 Å². The molecule has 1 amide bonds. The number of carbonyl (C=O) groups excluding carboxylic acids is 1. The van der Waals surface area contributed by atoms with Crippen molar-refractivity contribution in [2.45, 2.75) is 38.2 Å². The van der Waals surface area contributed by atoms with Gasteiger partial charge < -0.3 is 28.4 Å². The maximum atomic E-state index is 13.4. The molecule has 6 rings (SSSR count). The van der Waals surface area contributed by atoms with E-state index in [1.165, 1.54) is 12.1 Å². The minimum absolute atomic E-state index is 0.0817. The minimum Gasteiger partial charge on any atom is -0.468 e. The number of aromatic nitrogens is 1. The Kier molecular flexibility index (Phi) is 16.0. The van der Waals surface area contributed by atoms with E-state index in [9.17, 15) is 13.2 Å². The highest BCUT2D eigenvalue weighted by Gasteiger charge is 2.24. The summed E-state index contributed by atoms with van der Waals surface area (Å²) in [5.74, 6) is 0.732. The van der Waals surface area contributed by atoms with Gasteiger partial charge in [-0.25, -0.2) is 9.78 Å². The van der Waals surface area contributed by atoms with Gasteiger partial charge in [0.1, 0.15) is 16.4 Å². The maximum Gasteiger partial charge on any atom is 0.414 e. The van der Waals surface area contributed by atoms with Crippen LogP contribution in [0.5, 0.6) is 5.75 Å². The summed E-state index contributed by atoms with van der Waals surface area (Å²) in [7, 11) is -2.22. The molecule has 0 fully saturated rings. The Bertz CT molecular complexity index is 2500. The molecule has 0 saturated carbocycles. The number of fused-ring (bicyclic) bond motifs is 2. The highest BCUT2D eigenvalue weighted by atomic mass is 32.2. The second-order valence-corrected chi connectivity index (χ2v) is 17.6. The van der Waals surface area contributed by atoms with Crippen molar-refractivity contribution in [1.82, 2.24) is 4.98 Å². The number of thiazole rings is 1. The molecule has 0 saturated heterocycles. The molecule has 5 aromatic carbocycles. The number of methoxy groups -OCH3 is 1. The van der Waals surface area contributed by atoms with Gasteiger partial charge in [-0.3, -0.25) is 9.08 Å². The Morgan fingerprint density at radius 3 is 2.16 bits per heavy atom. The molecular formula is C47H52N2O10S2. The number of aryl methyl sites for hydroxylation is 1. The van der Waals surface area contributed by atoms with Crippen LogP contribution in [0.4, 0.5) is 10.5 Å². The first kappa shape index (κ1) is 45.3. The molecule has 0 spiro atoms. The van der Waals surface area contributed by atoms with Gasteiger partial charge in [0.2, 0.25) is 0 Å². The summed E-state index contributed by atoms with van der Waals surface area (Å²) in [6.45, 7) is 9.45. The molecule has 6 aromatic rings. The normalized spacial score (nSPS) is 12.1. The molecule has 14 heteroatoms. The van der Waals surface area contributed by atoms with Gasteiger partial charge in [-0.15, -0.1) is 11.3 Å². The van der Waals surface area contributed by atoms with Crippen molar-refractivity contribution in [2.24, 2.45) is 0 Å². The van der Waals surface area contributed by atoms with Gasteiger partial charge in [-0.1, -0.05) is 72.3 Å². The average molecular weight is 869 g/mol. The Morgan fingerprint density at radius 2 is 1.41 bits per heavy atom. The molecule has 1 aromatic heterocycles. The molecule has 0 aliphatic heterocycles. The van der Waals surface area contributed by atoms with Crippen LogP contribution in [0.25, 0.3) is 43.7 Å². The first-order valence-corrected chi connectivity index (χ1v) is 22.1. The molecule has 322 valence electrons. The Hall–Kier alpha value is -5.19. The molecule has 1 heterocycles. The monoisotopic (exact) mass is 868 g/mol. The summed E-state index contributed by atoms with van der Waals surface area (Å²) in [6, 6.07) is 32.7. The minimum atomic E-state index is -3.85. The van der Waals surface area contributed by atoms with Crippen LogP contribution in [0.1, 0.15) is 37.5 Å². The zero-order valence-corrected chi connectivity index (χ0v) is 36.8. The summed E-state index contributed by atoms with van der Waals surface area (Å²) in [5.41, 5.74) is 5.01. The summed E-state index contributed by atoms with van der Waals surface area (Å²) >= 11 is 1.62. The van der Waals surface area contributed by atoms with Crippen molar-refractivity contribution in [3.63, 3.8) is 0 Å². The van der Waals surface area contributed by atoms with Crippen LogP contribution in [-0.2, 0) is 38.0 Å². The lowest BCUT2D eigenvalue weighted by Gasteiger charge is -2.27. The second-order valence-electron chi connectivity index (χ2n) is 15.0. The highest BCUT2D eigenvalue weighted by molar-refractivity contribution is 7.86. The Labute approximate surface area is 361 Å². The number of benzene rings is 5. The number of nitrogens with zero attached hydrogens (tertiary/aromatic N) is 2. The van der Waals surface area contributed by atoms with E-state index in [0.717, 1.165) is 54.0 Å². The standard InChI is InChI=1S/C47H52N2O10S2/c1-34-6-19-42(20-7-34)61(51,52)58-29-28-55-27-26-54-23-22-49(46(50)59-47(2,3)4)40-17-16-38-30-36(12-15-39(38)31-40)9-8-35-10-13-37(14-11-35)45-48-43-21-18-41(32-44(43)60-45)57-33-56-25-24-53-5/h6-21,30-32H,22-29,33H2,1-5H3/b9-8+. The van der Waals surface area contributed by atoms with E-state index in [1.54, 1.807) is 35.5 Å². The molecule has 0 N–H and O–H groups in total. The van der Waals surface area contributed by atoms with Crippen LogP contribution in [0.15, 0.2) is 108 Å². The van der Waals surface area contributed by atoms with Crippen LogP contribution in [-0.4, -0.2) is 91.8 Å². The predicted octanol–water partition coefficient (Wildman–Crippen LogP) is 9.77. The number of carbonyl (C=O) groups is 1. The summed E-state index contributed by atoms with van der Waals surface area (Å²) in [6.07, 6.45) is 3.68. The maximum absolute atomic E-state index is 13.4. The van der Waals surface area contributed by atoms with Gasteiger partial charge in [0.15, 0.2) is 6.79 Å². The van der Waals surface area contributed by atoms with Gasteiger partial charge in [-0.2, -0.15) is 8.42 Å². The molecule has 0 bridgehead atoms. The first-order valence-electron chi connectivity index (χ1n) is 19.9. The van der Waals surface area contributed by atoms with E-state index >= 15 is 0 Å². The van der Waals surface area contributed by atoms with E-state index in [2.05, 4.69) is 42.5 Å². The number of ether oxygens (including phenoxy) is 6. The van der Waals surface area contributed by atoms with Crippen molar-refractivity contribution >= 4 is 66.4 Å². The van der Waals surface area contributed by atoms with Crippen LogP contribution < -0.4 is 9.64 Å². The fourth-order valence-electron chi connectivity index (χ4n) is 5.98. The van der Waals surface area contributed by atoms with Crippen molar-refractivity contribution in [3.05, 3.63) is 120 Å². The number of rotatable bonds is 21. The molecule has 12 nitrogen and oxygen atoms in total. The molecule has 0 atom stereocenters. The first-order chi connectivity index (χ1) is 29.4. The predicted molar refractivity (Wildman–Crippen MR) is 241 cm³/mol. The van der Waals surface area contributed by atoms with Crippen LogP contribution in [0.3, 0.4) is 0 Å². The van der Waals surface area contributed by atoms with Crippen LogP contribution >= 0.6 is 11.3 Å². The highest BCUT2D eigenvalue weighted by Crippen LogP contribution is 2.33. The Morgan fingerprint density at radius 1 is 0.738 bits per heavy atom. The summed E-state index contributed by atoms with van der Waals surface area (Å²) in [5, 5.41) is 2.93. The number of hydrogen-bond acceptors (Lipinski definition) is 12. The molecule has 0 aliphatic rings. The van der Waals surface area contributed by atoms with Crippen molar-refractivity contribution < 1.29 is 45.8 Å². The van der Waals surface area contributed by atoms with E-state index < -0.39 is 21.8 Å². The molecule has 0 aliphatic carbocycles. The number of amides is 1. The lowest BCUT2D eigenvalue weighted by molar-refractivity contribution is -0.00840. The van der Waals surface area contributed by atoms with Gasteiger partial charge in [0, 0.05) is 18.4 Å². The van der Waals surface area contributed by atoms with E-state index in [-0.39, 0.29) is 51.3 Å². The molecule has 61 heavy (non-hydrogen) atoms. The zero-order valence-electron chi connectivity index (χ0n) is 35.1. The third-order valence-corrected chi connectivity index (χ3v) is 11.5. The van der Waals surface area contributed by atoms with Crippen molar-refractivity contribution in [3.8, 4) is 16.3 Å². The smallest absolute Gasteiger partial charge is 0.414 e. The third kappa shape index (κ3) is 13.7. The lowest BCUT2D eigenvalue weighted by atomic mass is 10.0. The van der Waals surface area contributed by atoms with E-state index in [1.807, 2.05) is 76.2 Å². The fraction of sp³-hybridized carbons (Fsp3) is 0.319. The third-order valence-electron chi connectivity index (χ3n) is 9.11. The largest absolute Gasteiger partial charge is 0.468 e. The van der Waals surface area contributed by atoms with E-state index in [0.29, 0.717) is 18.9 Å². The molecule has 0 unspecified atom stereocenters. The van der Waals surface area contributed by atoms with Crippen molar-refractivity contribution in [1.29, 1.82) is 0 Å². The van der Waals surface area contributed by atoms with E-state index in [4.69, 9.17) is 37.6 Å². The lowest BCUT2D eigenvalue weighted by Crippen LogP contribution is -2.39. The van der Waals surface area contributed by atoms with Crippen LogP contribution in [0, 0.1) is 6.92 Å². The summed E-state index contributed by atoms with van der Waals surface area (Å²) < 4.78 is 63.9. The number of hydrogen-bond donors (Lipinski definition) is 0. The van der Waals surface area contributed by atoms with Gasteiger partial charge in [0.25, 0.3) is 10.1 Å². The SMILES string of the molecule is COCCOCOc1ccc2nc(-c3ccc(/C=C/c4ccc5cc(N(CCOCCOCCOS(=O)(=O)c6ccc(C)cc6)C(=O)OC(C)(C)C)ccc5c4)cc3)sc2c1. The topological polar surface area (TPSA) is 132 Å². The average Bonchev–Trinajstić information content (AvgIpc) is 3.67. The van der Waals surface area contributed by atoms with Gasteiger partial charge in [-0.05, 0) is 98.1 Å². The number of anilines is 1.